The Morgan fingerprint density at radius 1 is 1.11 bits per heavy atom. The summed E-state index contributed by atoms with van der Waals surface area (Å²) in [5.41, 5.74) is 1.34. The van der Waals surface area contributed by atoms with Crippen LogP contribution < -0.4 is 10.1 Å². The molecule has 0 aliphatic carbocycles. The van der Waals surface area contributed by atoms with Gasteiger partial charge in [0, 0.05) is 6.04 Å². The maximum Gasteiger partial charge on any atom is 0.118 e. The van der Waals surface area contributed by atoms with Gasteiger partial charge in [-0.05, 0) is 50.3 Å². The quantitative estimate of drug-likeness (QED) is 0.742. The zero-order valence-electron chi connectivity index (χ0n) is 12.8. The molecule has 0 radical (unpaired) electrons. The van der Waals surface area contributed by atoms with Crippen molar-refractivity contribution in [2.24, 2.45) is 0 Å². The van der Waals surface area contributed by atoms with Crippen LogP contribution in [0.2, 0.25) is 0 Å². The van der Waals surface area contributed by atoms with E-state index in [4.69, 9.17) is 4.74 Å². The molecule has 3 heteroatoms. The lowest BCUT2D eigenvalue weighted by Crippen LogP contribution is -2.29. The monoisotopic (exact) mass is 264 g/mol. The van der Waals surface area contributed by atoms with Crippen molar-refractivity contribution >= 4 is 0 Å². The fraction of sp³-hybridized carbons (Fsp3) is 0.625. The second kappa shape index (κ2) is 8.94. The van der Waals surface area contributed by atoms with E-state index < -0.39 is 0 Å². The van der Waals surface area contributed by atoms with Gasteiger partial charge in [0.1, 0.15) is 5.75 Å². The molecule has 1 N–H and O–H groups in total. The van der Waals surface area contributed by atoms with Crippen molar-refractivity contribution in [1.82, 2.24) is 10.2 Å². The van der Waals surface area contributed by atoms with E-state index in [1.54, 1.807) is 7.11 Å². The van der Waals surface area contributed by atoms with Crippen LogP contribution in [0.4, 0.5) is 0 Å². The van der Waals surface area contributed by atoms with Gasteiger partial charge in [0.15, 0.2) is 0 Å². The van der Waals surface area contributed by atoms with Crippen LogP contribution in [0.25, 0.3) is 0 Å². The van der Waals surface area contributed by atoms with Crippen molar-refractivity contribution in [3.63, 3.8) is 0 Å². The highest BCUT2D eigenvalue weighted by Crippen LogP contribution is 2.20. The molecular weight excluding hydrogens is 236 g/mol. The summed E-state index contributed by atoms with van der Waals surface area (Å²) < 4.78 is 5.21. The fourth-order valence-electron chi connectivity index (χ4n) is 2.32. The van der Waals surface area contributed by atoms with Gasteiger partial charge in [0.05, 0.1) is 7.11 Å². The number of methoxy groups -OCH3 is 1. The molecule has 1 unspecified atom stereocenters. The van der Waals surface area contributed by atoms with Gasteiger partial charge in [-0.1, -0.05) is 32.9 Å². The maximum atomic E-state index is 5.21. The molecule has 0 saturated carbocycles. The Labute approximate surface area is 118 Å². The predicted octanol–water partition coefficient (Wildman–Crippen LogP) is 3.08. The SMILES string of the molecule is CCNC(CCN(CC)CC)c1ccc(OC)cc1. The van der Waals surface area contributed by atoms with Gasteiger partial charge in [-0.3, -0.25) is 0 Å². The fourth-order valence-corrected chi connectivity index (χ4v) is 2.32. The number of nitrogens with zero attached hydrogens (tertiary/aromatic N) is 1. The van der Waals surface area contributed by atoms with E-state index in [9.17, 15) is 0 Å². The Morgan fingerprint density at radius 3 is 2.21 bits per heavy atom. The average Bonchev–Trinajstić information content (AvgIpc) is 2.47. The van der Waals surface area contributed by atoms with Gasteiger partial charge in [-0.15, -0.1) is 0 Å². The highest BCUT2D eigenvalue weighted by Gasteiger charge is 2.11. The summed E-state index contributed by atoms with van der Waals surface area (Å²) in [4.78, 5) is 2.47. The minimum atomic E-state index is 0.427. The van der Waals surface area contributed by atoms with Crippen LogP contribution in [-0.2, 0) is 0 Å². The zero-order chi connectivity index (χ0) is 14.1. The van der Waals surface area contributed by atoms with E-state index >= 15 is 0 Å². The minimum Gasteiger partial charge on any atom is -0.497 e. The summed E-state index contributed by atoms with van der Waals surface area (Å²) >= 11 is 0. The topological polar surface area (TPSA) is 24.5 Å². The first-order valence-corrected chi connectivity index (χ1v) is 7.34. The molecule has 19 heavy (non-hydrogen) atoms. The molecule has 1 aromatic rings. The van der Waals surface area contributed by atoms with E-state index in [-0.39, 0.29) is 0 Å². The molecule has 0 spiro atoms. The minimum absolute atomic E-state index is 0.427. The molecule has 1 atom stereocenters. The number of rotatable bonds is 9. The summed E-state index contributed by atoms with van der Waals surface area (Å²) in [7, 11) is 1.71. The predicted molar refractivity (Wildman–Crippen MR) is 81.8 cm³/mol. The first-order valence-electron chi connectivity index (χ1n) is 7.34. The highest BCUT2D eigenvalue weighted by atomic mass is 16.5. The van der Waals surface area contributed by atoms with Crippen molar-refractivity contribution in [1.29, 1.82) is 0 Å². The highest BCUT2D eigenvalue weighted by molar-refractivity contribution is 5.29. The van der Waals surface area contributed by atoms with Crippen LogP contribution in [0, 0.1) is 0 Å². The van der Waals surface area contributed by atoms with Gasteiger partial charge >= 0.3 is 0 Å². The normalized spacial score (nSPS) is 12.7. The molecule has 0 amide bonds. The van der Waals surface area contributed by atoms with Crippen molar-refractivity contribution in [3.8, 4) is 5.75 Å². The van der Waals surface area contributed by atoms with Crippen molar-refractivity contribution in [2.45, 2.75) is 33.2 Å². The molecule has 0 aliphatic rings. The molecule has 0 heterocycles. The number of hydrogen-bond acceptors (Lipinski definition) is 3. The van der Waals surface area contributed by atoms with Crippen LogP contribution in [0.15, 0.2) is 24.3 Å². The van der Waals surface area contributed by atoms with Gasteiger partial charge in [0.2, 0.25) is 0 Å². The second-order valence-electron chi connectivity index (χ2n) is 4.70. The summed E-state index contributed by atoms with van der Waals surface area (Å²) in [6.45, 7) is 11.0. The Hall–Kier alpha value is -1.06. The lowest BCUT2D eigenvalue weighted by molar-refractivity contribution is 0.282. The van der Waals surface area contributed by atoms with Crippen LogP contribution in [0.1, 0.15) is 38.8 Å². The lowest BCUT2D eigenvalue weighted by atomic mass is 10.0. The van der Waals surface area contributed by atoms with Crippen molar-refractivity contribution < 1.29 is 4.74 Å². The van der Waals surface area contributed by atoms with E-state index in [0.717, 1.165) is 38.3 Å². The molecular formula is C16H28N2O. The lowest BCUT2D eigenvalue weighted by Gasteiger charge is -2.23. The third-order valence-corrected chi connectivity index (χ3v) is 3.60. The molecule has 0 saturated heterocycles. The molecule has 3 nitrogen and oxygen atoms in total. The summed E-state index contributed by atoms with van der Waals surface area (Å²) in [6.07, 6.45) is 1.14. The standard InChI is InChI=1S/C16H28N2O/c1-5-17-16(12-13-18(6-2)7-3)14-8-10-15(19-4)11-9-14/h8-11,16-17H,5-7,12-13H2,1-4H3. The van der Waals surface area contributed by atoms with Crippen LogP contribution >= 0.6 is 0 Å². The first-order chi connectivity index (χ1) is 9.24. The second-order valence-corrected chi connectivity index (χ2v) is 4.70. The van der Waals surface area contributed by atoms with Gasteiger partial charge < -0.3 is 15.0 Å². The van der Waals surface area contributed by atoms with Crippen molar-refractivity contribution in [2.75, 3.05) is 33.3 Å². The van der Waals surface area contributed by atoms with E-state index in [2.05, 4.69) is 43.1 Å². The van der Waals surface area contributed by atoms with Gasteiger partial charge in [-0.2, -0.15) is 0 Å². The van der Waals surface area contributed by atoms with Gasteiger partial charge in [-0.25, -0.2) is 0 Å². The van der Waals surface area contributed by atoms with Gasteiger partial charge in [0.25, 0.3) is 0 Å². The number of ether oxygens (including phenoxy) is 1. The molecule has 1 aromatic carbocycles. The summed E-state index contributed by atoms with van der Waals surface area (Å²) in [5.74, 6) is 0.919. The Morgan fingerprint density at radius 2 is 1.74 bits per heavy atom. The third kappa shape index (κ3) is 5.21. The third-order valence-electron chi connectivity index (χ3n) is 3.60. The maximum absolute atomic E-state index is 5.21. The molecule has 0 bridgehead atoms. The summed E-state index contributed by atoms with van der Waals surface area (Å²) in [6, 6.07) is 8.83. The Balaban J connectivity index is 2.64. The van der Waals surface area contributed by atoms with E-state index in [1.165, 1.54) is 5.56 Å². The van der Waals surface area contributed by atoms with E-state index in [1.807, 2.05) is 12.1 Å². The Kier molecular flexibility index (Phi) is 7.53. The largest absolute Gasteiger partial charge is 0.497 e. The Bertz CT molecular complexity index is 333. The molecule has 0 aromatic heterocycles. The number of hydrogen-bond donors (Lipinski definition) is 1. The van der Waals surface area contributed by atoms with Crippen LogP contribution in [0.3, 0.4) is 0 Å². The molecule has 0 aliphatic heterocycles. The molecule has 0 fully saturated rings. The molecule has 1 rings (SSSR count). The summed E-state index contributed by atoms with van der Waals surface area (Å²) in [5, 5.41) is 3.57. The smallest absolute Gasteiger partial charge is 0.118 e. The molecule has 108 valence electrons. The van der Waals surface area contributed by atoms with E-state index in [0.29, 0.717) is 6.04 Å². The first kappa shape index (κ1) is 16.0. The van der Waals surface area contributed by atoms with Crippen LogP contribution in [-0.4, -0.2) is 38.2 Å². The van der Waals surface area contributed by atoms with Crippen molar-refractivity contribution in [3.05, 3.63) is 29.8 Å². The average molecular weight is 264 g/mol. The number of nitrogens with one attached hydrogen (secondary N) is 1. The van der Waals surface area contributed by atoms with Crippen LogP contribution in [0.5, 0.6) is 5.75 Å². The zero-order valence-corrected chi connectivity index (χ0v) is 12.8. The number of benzene rings is 1.